The first-order valence-corrected chi connectivity index (χ1v) is 4.90. The molecule has 1 fully saturated rings. The van der Waals surface area contributed by atoms with Crippen molar-refractivity contribution >= 4 is 0 Å². The summed E-state index contributed by atoms with van der Waals surface area (Å²) in [4.78, 5) is 8.37. The third-order valence-electron chi connectivity index (χ3n) is 2.79. The molecule has 1 atom stereocenters. The molecule has 70 valence electrons. The molecule has 2 rings (SSSR count). The molecule has 0 aliphatic heterocycles. The van der Waals surface area contributed by atoms with Gasteiger partial charge in [-0.25, -0.2) is 9.97 Å². The van der Waals surface area contributed by atoms with E-state index in [0.717, 1.165) is 5.82 Å². The lowest BCUT2D eigenvalue weighted by atomic mass is 9.98. The molecular weight excluding hydrogens is 162 g/mol. The molecule has 0 saturated heterocycles. The fourth-order valence-electron chi connectivity index (χ4n) is 2.01. The van der Waals surface area contributed by atoms with E-state index in [1.165, 1.54) is 25.7 Å². The number of hydrogen-bond donors (Lipinski definition) is 1. The third kappa shape index (κ3) is 1.86. The molecule has 0 spiro atoms. The van der Waals surface area contributed by atoms with Gasteiger partial charge >= 0.3 is 0 Å². The zero-order valence-corrected chi connectivity index (χ0v) is 7.69. The van der Waals surface area contributed by atoms with E-state index in [-0.39, 0.29) is 6.04 Å². The highest BCUT2D eigenvalue weighted by atomic mass is 14.9. The van der Waals surface area contributed by atoms with Crippen LogP contribution in [-0.2, 0) is 0 Å². The van der Waals surface area contributed by atoms with Crippen molar-refractivity contribution in [1.82, 2.24) is 9.97 Å². The molecule has 1 saturated carbocycles. The Morgan fingerprint density at radius 2 is 1.85 bits per heavy atom. The van der Waals surface area contributed by atoms with Crippen LogP contribution < -0.4 is 5.73 Å². The fourth-order valence-corrected chi connectivity index (χ4v) is 2.01. The topological polar surface area (TPSA) is 51.8 Å². The first-order valence-electron chi connectivity index (χ1n) is 4.90. The van der Waals surface area contributed by atoms with Gasteiger partial charge in [0.15, 0.2) is 0 Å². The van der Waals surface area contributed by atoms with Crippen LogP contribution in [0.5, 0.6) is 0 Å². The number of nitrogens with two attached hydrogens (primary N) is 1. The van der Waals surface area contributed by atoms with Crippen LogP contribution in [0.25, 0.3) is 0 Å². The lowest BCUT2D eigenvalue weighted by Gasteiger charge is -2.16. The molecule has 0 amide bonds. The average molecular weight is 177 g/mol. The van der Waals surface area contributed by atoms with Crippen LogP contribution in [0, 0.1) is 5.92 Å². The Hall–Kier alpha value is -0.960. The van der Waals surface area contributed by atoms with Crippen LogP contribution in [0.2, 0.25) is 0 Å². The van der Waals surface area contributed by atoms with Crippen molar-refractivity contribution in [3.8, 4) is 0 Å². The molecule has 0 aromatic carbocycles. The second-order valence-electron chi connectivity index (χ2n) is 3.68. The van der Waals surface area contributed by atoms with Gasteiger partial charge in [-0.05, 0) is 24.8 Å². The first-order chi connectivity index (χ1) is 6.38. The van der Waals surface area contributed by atoms with Crippen molar-refractivity contribution in [2.45, 2.75) is 31.7 Å². The van der Waals surface area contributed by atoms with Gasteiger partial charge in [0, 0.05) is 12.4 Å². The number of nitrogens with zero attached hydrogens (tertiary/aromatic N) is 2. The summed E-state index contributed by atoms with van der Waals surface area (Å²) in [5.74, 6) is 1.40. The minimum atomic E-state index is 0.0451. The van der Waals surface area contributed by atoms with Crippen LogP contribution in [-0.4, -0.2) is 9.97 Å². The minimum Gasteiger partial charge on any atom is -0.321 e. The zero-order valence-electron chi connectivity index (χ0n) is 7.69. The van der Waals surface area contributed by atoms with Gasteiger partial charge in [0.1, 0.15) is 5.82 Å². The van der Waals surface area contributed by atoms with Gasteiger partial charge in [0.25, 0.3) is 0 Å². The highest BCUT2D eigenvalue weighted by Gasteiger charge is 2.24. The van der Waals surface area contributed by atoms with E-state index < -0.39 is 0 Å². The maximum atomic E-state index is 6.08. The molecule has 2 N–H and O–H groups in total. The van der Waals surface area contributed by atoms with Gasteiger partial charge in [-0.3, -0.25) is 0 Å². The summed E-state index contributed by atoms with van der Waals surface area (Å²) in [6, 6.07) is 1.87. The van der Waals surface area contributed by atoms with Crippen LogP contribution >= 0.6 is 0 Å². The van der Waals surface area contributed by atoms with Crippen LogP contribution in [0.4, 0.5) is 0 Å². The van der Waals surface area contributed by atoms with Crippen molar-refractivity contribution in [3.63, 3.8) is 0 Å². The van der Waals surface area contributed by atoms with Crippen molar-refractivity contribution in [2.24, 2.45) is 11.7 Å². The van der Waals surface area contributed by atoms with Crippen molar-refractivity contribution < 1.29 is 0 Å². The summed E-state index contributed by atoms with van der Waals surface area (Å²) in [7, 11) is 0. The third-order valence-corrected chi connectivity index (χ3v) is 2.79. The summed E-state index contributed by atoms with van der Waals surface area (Å²) < 4.78 is 0. The molecular formula is C10H15N3. The van der Waals surface area contributed by atoms with Crippen LogP contribution in [0.15, 0.2) is 18.5 Å². The summed E-state index contributed by atoms with van der Waals surface area (Å²) in [6.45, 7) is 0. The minimum absolute atomic E-state index is 0.0451. The number of aromatic nitrogens is 2. The van der Waals surface area contributed by atoms with E-state index in [9.17, 15) is 0 Å². The van der Waals surface area contributed by atoms with Gasteiger partial charge in [-0.1, -0.05) is 12.8 Å². The molecule has 3 heteroatoms. The molecule has 0 unspecified atom stereocenters. The molecule has 0 bridgehead atoms. The Bertz CT molecular complexity index is 254. The Morgan fingerprint density at radius 1 is 1.23 bits per heavy atom. The maximum Gasteiger partial charge on any atom is 0.145 e. The molecule has 1 aliphatic carbocycles. The van der Waals surface area contributed by atoms with Crippen molar-refractivity contribution in [2.75, 3.05) is 0 Å². The summed E-state index contributed by atoms with van der Waals surface area (Å²) >= 11 is 0. The monoisotopic (exact) mass is 177 g/mol. The quantitative estimate of drug-likeness (QED) is 0.747. The lowest BCUT2D eigenvalue weighted by Crippen LogP contribution is -2.21. The van der Waals surface area contributed by atoms with Crippen molar-refractivity contribution in [1.29, 1.82) is 0 Å². The molecule has 1 aromatic heterocycles. The predicted molar refractivity (Wildman–Crippen MR) is 50.9 cm³/mol. The van der Waals surface area contributed by atoms with Crippen LogP contribution in [0.1, 0.15) is 37.5 Å². The van der Waals surface area contributed by atoms with Gasteiger partial charge in [0.05, 0.1) is 6.04 Å². The maximum absolute atomic E-state index is 6.08. The smallest absolute Gasteiger partial charge is 0.145 e. The molecule has 1 aromatic rings. The summed E-state index contributed by atoms with van der Waals surface area (Å²) in [5, 5.41) is 0. The molecule has 1 heterocycles. The Morgan fingerprint density at radius 3 is 2.46 bits per heavy atom. The second kappa shape index (κ2) is 3.83. The highest BCUT2D eigenvalue weighted by molar-refractivity contribution is 4.97. The Balaban J connectivity index is 2.08. The second-order valence-corrected chi connectivity index (χ2v) is 3.68. The van der Waals surface area contributed by atoms with Crippen molar-refractivity contribution in [3.05, 3.63) is 24.3 Å². The zero-order chi connectivity index (χ0) is 9.10. The number of rotatable bonds is 2. The van der Waals surface area contributed by atoms with E-state index >= 15 is 0 Å². The molecule has 1 aliphatic rings. The van der Waals surface area contributed by atoms with E-state index in [1.54, 1.807) is 12.4 Å². The van der Waals surface area contributed by atoms with E-state index in [2.05, 4.69) is 9.97 Å². The predicted octanol–water partition coefficient (Wildman–Crippen LogP) is 1.67. The first kappa shape index (κ1) is 8.63. The van der Waals surface area contributed by atoms with E-state index in [0.29, 0.717) is 5.92 Å². The highest BCUT2D eigenvalue weighted by Crippen LogP contribution is 2.32. The lowest BCUT2D eigenvalue weighted by molar-refractivity contribution is 0.427. The van der Waals surface area contributed by atoms with Gasteiger partial charge in [-0.15, -0.1) is 0 Å². The fraction of sp³-hybridized carbons (Fsp3) is 0.600. The Kier molecular flexibility index (Phi) is 2.54. The summed E-state index contributed by atoms with van der Waals surface area (Å²) in [5.41, 5.74) is 6.08. The largest absolute Gasteiger partial charge is 0.321 e. The SMILES string of the molecule is N[C@H](c1ncccn1)C1CCCC1. The van der Waals surface area contributed by atoms with Gasteiger partial charge < -0.3 is 5.73 Å². The number of hydrogen-bond acceptors (Lipinski definition) is 3. The standard InChI is InChI=1S/C10H15N3/c11-9(8-4-1-2-5-8)10-12-6-3-7-13-10/h3,6-9H,1-2,4-5,11H2/t9-/m0/s1. The Labute approximate surface area is 78.4 Å². The molecule has 0 radical (unpaired) electrons. The molecule has 3 nitrogen and oxygen atoms in total. The summed E-state index contributed by atoms with van der Waals surface area (Å²) in [6.07, 6.45) is 8.61. The van der Waals surface area contributed by atoms with Crippen LogP contribution in [0.3, 0.4) is 0 Å². The normalized spacial score (nSPS) is 20.4. The molecule has 13 heavy (non-hydrogen) atoms. The average Bonchev–Trinajstić information content (AvgIpc) is 2.71. The van der Waals surface area contributed by atoms with E-state index in [1.807, 2.05) is 6.07 Å². The van der Waals surface area contributed by atoms with E-state index in [4.69, 9.17) is 5.73 Å². The van der Waals surface area contributed by atoms with Gasteiger partial charge in [-0.2, -0.15) is 0 Å². The van der Waals surface area contributed by atoms with Gasteiger partial charge in [0.2, 0.25) is 0 Å².